The number of aliphatic hydroxyl groups excluding tert-OH is 1. The molecule has 0 radical (unpaired) electrons. The lowest BCUT2D eigenvalue weighted by atomic mass is 10.1. The molecular formula is C13H17NO4. The Hall–Kier alpha value is -1.75. The predicted molar refractivity (Wildman–Crippen MR) is 65.8 cm³/mol. The summed E-state index contributed by atoms with van der Waals surface area (Å²) in [5.74, 6) is 1.45. The van der Waals surface area contributed by atoms with Gasteiger partial charge in [-0.1, -0.05) is 6.07 Å². The van der Waals surface area contributed by atoms with E-state index in [4.69, 9.17) is 14.6 Å². The van der Waals surface area contributed by atoms with Crippen LogP contribution in [-0.2, 0) is 11.2 Å². The molecule has 1 amide bonds. The van der Waals surface area contributed by atoms with Crippen LogP contribution in [0.1, 0.15) is 12.0 Å². The Morgan fingerprint density at radius 3 is 2.83 bits per heavy atom. The van der Waals surface area contributed by atoms with Gasteiger partial charge in [-0.15, -0.1) is 0 Å². The molecule has 0 unspecified atom stereocenters. The molecule has 0 aliphatic carbocycles. The van der Waals surface area contributed by atoms with Crippen molar-refractivity contribution >= 4 is 5.91 Å². The number of benzene rings is 1. The largest absolute Gasteiger partial charge is 0.486 e. The van der Waals surface area contributed by atoms with E-state index in [0.29, 0.717) is 32.6 Å². The van der Waals surface area contributed by atoms with Crippen LogP contribution in [-0.4, -0.2) is 37.4 Å². The predicted octanol–water partition coefficient (Wildman–Crippen LogP) is 0.499. The molecule has 1 aromatic rings. The van der Waals surface area contributed by atoms with Gasteiger partial charge in [0.05, 0.1) is 6.61 Å². The molecule has 5 heteroatoms. The summed E-state index contributed by atoms with van der Waals surface area (Å²) in [6.45, 7) is 1.42. The minimum absolute atomic E-state index is 0.0320. The van der Waals surface area contributed by atoms with E-state index >= 15 is 0 Å². The van der Waals surface area contributed by atoms with Gasteiger partial charge in [-0.3, -0.25) is 4.79 Å². The third-order valence-corrected chi connectivity index (χ3v) is 2.68. The van der Waals surface area contributed by atoms with Crippen molar-refractivity contribution in [3.05, 3.63) is 23.8 Å². The van der Waals surface area contributed by atoms with E-state index in [0.717, 1.165) is 17.1 Å². The molecular weight excluding hydrogens is 234 g/mol. The zero-order valence-corrected chi connectivity index (χ0v) is 10.1. The SMILES string of the molecule is O=C(CCc1ccc2c(c1)OCCO2)NCCO. The first kappa shape index (κ1) is 12.7. The van der Waals surface area contributed by atoms with Crippen LogP contribution in [0.5, 0.6) is 11.5 Å². The zero-order valence-electron chi connectivity index (χ0n) is 10.1. The maximum absolute atomic E-state index is 11.4. The molecule has 18 heavy (non-hydrogen) atoms. The van der Waals surface area contributed by atoms with Crippen LogP contribution in [0.25, 0.3) is 0 Å². The van der Waals surface area contributed by atoms with Gasteiger partial charge in [0.2, 0.25) is 5.91 Å². The maximum atomic E-state index is 11.4. The lowest BCUT2D eigenvalue weighted by Crippen LogP contribution is -2.26. The standard InChI is InChI=1S/C13H17NO4/c15-6-5-14-13(16)4-2-10-1-3-11-12(9-10)18-8-7-17-11/h1,3,9,15H,2,4-8H2,(H,14,16). The molecule has 0 bridgehead atoms. The number of aliphatic hydroxyl groups is 1. The molecule has 0 saturated carbocycles. The Morgan fingerprint density at radius 2 is 2.06 bits per heavy atom. The fourth-order valence-electron chi connectivity index (χ4n) is 1.78. The molecule has 2 N–H and O–H groups in total. The number of rotatable bonds is 5. The highest BCUT2D eigenvalue weighted by Crippen LogP contribution is 2.30. The van der Waals surface area contributed by atoms with Crippen molar-refractivity contribution < 1.29 is 19.4 Å². The second kappa shape index (κ2) is 6.26. The monoisotopic (exact) mass is 251 g/mol. The molecule has 0 fully saturated rings. The first-order valence-corrected chi connectivity index (χ1v) is 6.05. The molecule has 2 rings (SSSR count). The molecule has 5 nitrogen and oxygen atoms in total. The van der Waals surface area contributed by atoms with Gasteiger partial charge in [-0.2, -0.15) is 0 Å². The van der Waals surface area contributed by atoms with Crippen LogP contribution < -0.4 is 14.8 Å². The summed E-state index contributed by atoms with van der Waals surface area (Å²) >= 11 is 0. The van der Waals surface area contributed by atoms with Gasteiger partial charge in [0.25, 0.3) is 0 Å². The Balaban J connectivity index is 1.88. The van der Waals surface area contributed by atoms with Crippen LogP contribution >= 0.6 is 0 Å². The molecule has 0 aromatic heterocycles. The second-order valence-electron chi connectivity index (χ2n) is 4.05. The first-order chi connectivity index (χ1) is 8.79. The Labute approximate surface area is 106 Å². The molecule has 1 aliphatic rings. The smallest absolute Gasteiger partial charge is 0.220 e. The van der Waals surface area contributed by atoms with E-state index in [1.54, 1.807) is 0 Å². The highest BCUT2D eigenvalue weighted by molar-refractivity contribution is 5.76. The van der Waals surface area contributed by atoms with Crippen LogP contribution in [0.3, 0.4) is 0 Å². The summed E-state index contributed by atoms with van der Waals surface area (Å²) in [5.41, 5.74) is 1.04. The van der Waals surface area contributed by atoms with Crippen molar-refractivity contribution in [3.63, 3.8) is 0 Å². The Bertz CT molecular complexity index is 419. The van der Waals surface area contributed by atoms with Crippen LogP contribution in [0.15, 0.2) is 18.2 Å². The molecule has 0 saturated heterocycles. The highest BCUT2D eigenvalue weighted by Gasteiger charge is 2.12. The number of amides is 1. The highest BCUT2D eigenvalue weighted by atomic mass is 16.6. The van der Waals surface area contributed by atoms with Crippen LogP contribution in [0, 0.1) is 0 Å². The number of hydrogen-bond acceptors (Lipinski definition) is 4. The van der Waals surface area contributed by atoms with E-state index in [1.807, 2.05) is 18.2 Å². The molecule has 0 spiro atoms. The van der Waals surface area contributed by atoms with Gasteiger partial charge in [-0.05, 0) is 24.1 Å². The van der Waals surface area contributed by atoms with Gasteiger partial charge in [-0.25, -0.2) is 0 Å². The third kappa shape index (κ3) is 3.37. The van der Waals surface area contributed by atoms with Crippen molar-refractivity contribution in [3.8, 4) is 11.5 Å². The first-order valence-electron chi connectivity index (χ1n) is 6.05. The summed E-state index contributed by atoms with van der Waals surface area (Å²) in [6, 6.07) is 5.72. The van der Waals surface area contributed by atoms with Crippen molar-refractivity contribution in [2.75, 3.05) is 26.4 Å². The average Bonchev–Trinajstić information content (AvgIpc) is 2.42. The van der Waals surface area contributed by atoms with Gasteiger partial charge in [0.15, 0.2) is 11.5 Å². The van der Waals surface area contributed by atoms with Crippen LogP contribution in [0.4, 0.5) is 0 Å². The average molecular weight is 251 g/mol. The Morgan fingerprint density at radius 1 is 1.28 bits per heavy atom. The molecule has 1 aromatic carbocycles. The summed E-state index contributed by atoms with van der Waals surface area (Å²) in [5, 5.41) is 11.2. The summed E-state index contributed by atoms with van der Waals surface area (Å²) in [4.78, 5) is 11.4. The van der Waals surface area contributed by atoms with Crippen molar-refractivity contribution in [1.82, 2.24) is 5.32 Å². The van der Waals surface area contributed by atoms with E-state index in [1.165, 1.54) is 0 Å². The summed E-state index contributed by atoms with van der Waals surface area (Å²) in [6.07, 6.45) is 1.05. The van der Waals surface area contributed by atoms with E-state index in [2.05, 4.69) is 5.32 Å². The number of fused-ring (bicyclic) bond motifs is 1. The minimum atomic E-state index is -0.0565. The third-order valence-electron chi connectivity index (χ3n) is 2.68. The summed E-state index contributed by atoms with van der Waals surface area (Å²) in [7, 11) is 0. The molecule has 1 aliphatic heterocycles. The van der Waals surface area contributed by atoms with E-state index in [-0.39, 0.29) is 12.5 Å². The van der Waals surface area contributed by atoms with Gasteiger partial charge in [0.1, 0.15) is 13.2 Å². The molecule has 0 atom stereocenters. The summed E-state index contributed by atoms with van der Waals surface area (Å²) < 4.78 is 10.9. The molecule has 1 heterocycles. The number of carbonyl (C=O) groups is 1. The lowest BCUT2D eigenvalue weighted by molar-refractivity contribution is -0.121. The van der Waals surface area contributed by atoms with Gasteiger partial charge in [0, 0.05) is 13.0 Å². The normalized spacial score (nSPS) is 13.2. The number of ether oxygens (including phenoxy) is 2. The number of hydrogen-bond donors (Lipinski definition) is 2. The fourth-order valence-corrected chi connectivity index (χ4v) is 1.78. The van der Waals surface area contributed by atoms with Crippen molar-refractivity contribution in [2.45, 2.75) is 12.8 Å². The quantitative estimate of drug-likeness (QED) is 0.799. The number of nitrogens with one attached hydrogen (secondary N) is 1. The van der Waals surface area contributed by atoms with E-state index < -0.39 is 0 Å². The zero-order chi connectivity index (χ0) is 12.8. The molecule has 98 valence electrons. The maximum Gasteiger partial charge on any atom is 0.220 e. The number of aryl methyl sites for hydroxylation is 1. The van der Waals surface area contributed by atoms with Crippen LogP contribution in [0.2, 0.25) is 0 Å². The van der Waals surface area contributed by atoms with E-state index in [9.17, 15) is 4.79 Å². The lowest BCUT2D eigenvalue weighted by Gasteiger charge is -2.18. The van der Waals surface area contributed by atoms with Gasteiger partial charge < -0.3 is 19.9 Å². The second-order valence-corrected chi connectivity index (χ2v) is 4.05. The van der Waals surface area contributed by atoms with Crippen molar-refractivity contribution in [1.29, 1.82) is 0 Å². The topological polar surface area (TPSA) is 67.8 Å². The minimum Gasteiger partial charge on any atom is -0.486 e. The number of carbonyl (C=O) groups excluding carboxylic acids is 1. The van der Waals surface area contributed by atoms with Gasteiger partial charge >= 0.3 is 0 Å². The fraction of sp³-hybridized carbons (Fsp3) is 0.462. The Kier molecular flexibility index (Phi) is 4.41. The van der Waals surface area contributed by atoms with Crippen molar-refractivity contribution in [2.24, 2.45) is 0 Å².